The summed E-state index contributed by atoms with van der Waals surface area (Å²) in [5.74, 6) is 1.49. The molecule has 3 N–H and O–H groups in total. The second kappa shape index (κ2) is 6.18. The molecular formula is C15H18ClN5. The number of nitrogens with zero attached hydrogens (tertiary/aromatic N) is 3. The van der Waals surface area contributed by atoms with Gasteiger partial charge in [0.15, 0.2) is 0 Å². The topological polar surface area (TPSA) is 67.1 Å². The van der Waals surface area contributed by atoms with Crippen molar-refractivity contribution in [1.82, 2.24) is 9.97 Å². The van der Waals surface area contributed by atoms with Gasteiger partial charge in [0.25, 0.3) is 0 Å². The quantitative estimate of drug-likeness (QED) is 0.909. The zero-order chi connectivity index (χ0) is 14.7. The molecule has 1 aliphatic heterocycles. The maximum Gasteiger partial charge on any atom is 0.150 e. The highest BCUT2D eigenvalue weighted by Crippen LogP contribution is 2.26. The fraction of sp³-hybridized carbons (Fsp3) is 0.333. The molecule has 0 bridgehead atoms. The van der Waals surface area contributed by atoms with Gasteiger partial charge in [0.2, 0.25) is 0 Å². The Morgan fingerprint density at radius 2 is 2.10 bits per heavy atom. The Morgan fingerprint density at radius 3 is 2.90 bits per heavy atom. The van der Waals surface area contributed by atoms with Gasteiger partial charge in [-0.05, 0) is 24.5 Å². The minimum absolute atomic E-state index is 0.312. The van der Waals surface area contributed by atoms with Crippen molar-refractivity contribution in [1.29, 1.82) is 0 Å². The number of hydrogen-bond donors (Lipinski definition) is 2. The molecule has 1 atom stereocenters. The van der Waals surface area contributed by atoms with Crippen molar-refractivity contribution in [3.05, 3.63) is 41.7 Å². The van der Waals surface area contributed by atoms with E-state index in [0.717, 1.165) is 26.1 Å². The molecule has 0 spiro atoms. The Labute approximate surface area is 129 Å². The number of nitrogen functional groups attached to an aromatic ring is 1. The van der Waals surface area contributed by atoms with Crippen LogP contribution in [0.1, 0.15) is 6.42 Å². The summed E-state index contributed by atoms with van der Waals surface area (Å²) in [7, 11) is 0. The molecule has 6 heteroatoms. The van der Waals surface area contributed by atoms with Crippen molar-refractivity contribution in [2.75, 3.05) is 35.6 Å². The van der Waals surface area contributed by atoms with Crippen LogP contribution in [0.25, 0.3) is 0 Å². The normalized spacial score (nSPS) is 18.0. The van der Waals surface area contributed by atoms with Crippen LogP contribution in [-0.2, 0) is 0 Å². The second-order valence-electron chi connectivity index (χ2n) is 5.24. The van der Waals surface area contributed by atoms with E-state index in [-0.39, 0.29) is 0 Å². The van der Waals surface area contributed by atoms with Crippen molar-refractivity contribution < 1.29 is 0 Å². The summed E-state index contributed by atoms with van der Waals surface area (Å²) < 4.78 is 0. The fourth-order valence-corrected chi connectivity index (χ4v) is 2.78. The Balaban J connectivity index is 1.57. The summed E-state index contributed by atoms with van der Waals surface area (Å²) in [6, 6.07) is 10.5. The molecule has 1 aliphatic rings. The molecule has 2 aromatic rings. The predicted molar refractivity (Wildman–Crippen MR) is 86.7 cm³/mol. The molecule has 0 amide bonds. The number of para-hydroxylation sites is 1. The Bertz CT molecular complexity index is 604. The van der Waals surface area contributed by atoms with Gasteiger partial charge in [-0.2, -0.15) is 0 Å². The third kappa shape index (κ3) is 3.19. The van der Waals surface area contributed by atoms with Gasteiger partial charge < -0.3 is 16.0 Å². The number of halogens is 1. The van der Waals surface area contributed by atoms with E-state index in [9.17, 15) is 0 Å². The third-order valence-corrected chi connectivity index (χ3v) is 4.15. The van der Waals surface area contributed by atoms with Gasteiger partial charge in [0.1, 0.15) is 23.0 Å². The number of anilines is 3. The summed E-state index contributed by atoms with van der Waals surface area (Å²) >= 11 is 6.08. The Hall–Kier alpha value is -2.01. The Morgan fingerprint density at radius 1 is 1.29 bits per heavy atom. The van der Waals surface area contributed by atoms with Crippen LogP contribution in [0.3, 0.4) is 0 Å². The first kappa shape index (κ1) is 13.9. The SMILES string of the molecule is Nc1ncnc(NC[C@@H]2CCN(c3ccccc3)C2)c1Cl. The molecule has 1 aromatic carbocycles. The number of hydrogen-bond acceptors (Lipinski definition) is 5. The van der Waals surface area contributed by atoms with Crippen LogP contribution in [0, 0.1) is 5.92 Å². The molecule has 5 nitrogen and oxygen atoms in total. The van der Waals surface area contributed by atoms with Crippen LogP contribution in [-0.4, -0.2) is 29.6 Å². The van der Waals surface area contributed by atoms with E-state index in [4.69, 9.17) is 17.3 Å². The fourth-order valence-electron chi connectivity index (χ4n) is 2.62. The van der Waals surface area contributed by atoms with Gasteiger partial charge in [-0.3, -0.25) is 0 Å². The highest BCUT2D eigenvalue weighted by molar-refractivity contribution is 6.35. The summed E-state index contributed by atoms with van der Waals surface area (Å²) in [4.78, 5) is 10.4. The first-order valence-electron chi connectivity index (χ1n) is 7.04. The zero-order valence-electron chi connectivity index (χ0n) is 11.7. The molecule has 3 rings (SSSR count). The minimum atomic E-state index is 0.312. The molecule has 0 unspecified atom stereocenters. The summed E-state index contributed by atoms with van der Waals surface area (Å²) in [6.07, 6.45) is 2.58. The van der Waals surface area contributed by atoms with Crippen molar-refractivity contribution in [2.24, 2.45) is 5.92 Å². The van der Waals surface area contributed by atoms with E-state index < -0.39 is 0 Å². The van der Waals surface area contributed by atoms with E-state index in [1.54, 1.807) is 0 Å². The first-order valence-corrected chi connectivity index (χ1v) is 7.41. The third-order valence-electron chi connectivity index (χ3n) is 3.78. The van der Waals surface area contributed by atoms with Crippen LogP contribution in [0.4, 0.5) is 17.3 Å². The lowest BCUT2D eigenvalue weighted by Crippen LogP contribution is -2.22. The summed E-state index contributed by atoms with van der Waals surface area (Å²) in [5, 5.41) is 3.68. The molecule has 0 saturated carbocycles. The zero-order valence-corrected chi connectivity index (χ0v) is 12.4. The van der Waals surface area contributed by atoms with Crippen LogP contribution >= 0.6 is 11.6 Å². The van der Waals surface area contributed by atoms with E-state index in [0.29, 0.717) is 22.6 Å². The van der Waals surface area contributed by atoms with Gasteiger partial charge in [-0.25, -0.2) is 9.97 Å². The van der Waals surface area contributed by atoms with Crippen molar-refractivity contribution in [3.8, 4) is 0 Å². The van der Waals surface area contributed by atoms with Gasteiger partial charge in [-0.15, -0.1) is 0 Å². The summed E-state index contributed by atoms with van der Waals surface area (Å²) in [6.45, 7) is 2.95. The van der Waals surface area contributed by atoms with Crippen molar-refractivity contribution in [3.63, 3.8) is 0 Å². The smallest absolute Gasteiger partial charge is 0.150 e. The molecule has 21 heavy (non-hydrogen) atoms. The second-order valence-corrected chi connectivity index (χ2v) is 5.62. The number of nitrogens with one attached hydrogen (secondary N) is 1. The number of aromatic nitrogens is 2. The lowest BCUT2D eigenvalue weighted by Gasteiger charge is -2.19. The Kier molecular flexibility index (Phi) is 4.10. The monoisotopic (exact) mass is 303 g/mol. The summed E-state index contributed by atoms with van der Waals surface area (Å²) in [5.41, 5.74) is 6.95. The highest BCUT2D eigenvalue weighted by atomic mass is 35.5. The average Bonchev–Trinajstić information content (AvgIpc) is 2.99. The lowest BCUT2D eigenvalue weighted by atomic mass is 10.1. The minimum Gasteiger partial charge on any atom is -0.382 e. The molecule has 1 saturated heterocycles. The molecule has 0 aliphatic carbocycles. The van der Waals surface area contributed by atoms with Crippen LogP contribution < -0.4 is 16.0 Å². The first-order chi connectivity index (χ1) is 10.2. The van der Waals surface area contributed by atoms with Crippen LogP contribution in [0.5, 0.6) is 0 Å². The van der Waals surface area contributed by atoms with Gasteiger partial charge in [0, 0.05) is 25.3 Å². The molecule has 0 radical (unpaired) electrons. The highest BCUT2D eigenvalue weighted by Gasteiger charge is 2.22. The van der Waals surface area contributed by atoms with Crippen LogP contribution in [0.15, 0.2) is 36.7 Å². The molecule has 110 valence electrons. The van der Waals surface area contributed by atoms with E-state index in [2.05, 4.69) is 44.5 Å². The largest absolute Gasteiger partial charge is 0.382 e. The number of rotatable bonds is 4. The maximum absolute atomic E-state index is 6.08. The van der Waals surface area contributed by atoms with E-state index in [1.807, 2.05) is 6.07 Å². The van der Waals surface area contributed by atoms with Gasteiger partial charge in [-0.1, -0.05) is 29.8 Å². The predicted octanol–water partition coefficient (Wildman–Crippen LogP) is 2.65. The van der Waals surface area contributed by atoms with Crippen LogP contribution in [0.2, 0.25) is 5.02 Å². The maximum atomic E-state index is 6.08. The molecule has 1 fully saturated rings. The van der Waals surface area contributed by atoms with E-state index >= 15 is 0 Å². The van der Waals surface area contributed by atoms with Crippen molar-refractivity contribution >= 4 is 28.9 Å². The molecular weight excluding hydrogens is 286 g/mol. The lowest BCUT2D eigenvalue weighted by molar-refractivity contribution is 0.621. The average molecular weight is 304 g/mol. The molecule has 1 aromatic heterocycles. The van der Waals surface area contributed by atoms with E-state index in [1.165, 1.54) is 12.0 Å². The molecule has 2 heterocycles. The van der Waals surface area contributed by atoms with Gasteiger partial charge in [0.05, 0.1) is 0 Å². The number of benzene rings is 1. The standard InChI is InChI=1S/C15H18ClN5/c16-13-14(17)19-10-20-15(13)18-8-11-6-7-21(9-11)12-4-2-1-3-5-12/h1-5,10-11H,6-9H2,(H3,17,18,19,20)/t11-/m0/s1. The number of nitrogens with two attached hydrogens (primary N) is 1. The van der Waals surface area contributed by atoms with Gasteiger partial charge >= 0.3 is 0 Å². The van der Waals surface area contributed by atoms with Crippen molar-refractivity contribution in [2.45, 2.75) is 6.42 Å².